The minimum atomic E-state index is -0.116. The number of carbonyl (C=O) groups is 1. The molecule has 7 heteroatoms. The highest BCUT2D eigenvalue weighted by Crippen LogP contribution is 2.24. The lowest BCUT2D eigenvalue weighted by Gasteiger charge is -2.11. The Morgan fingerprint density at radius 3 is 2.61 bits per heavy atom. The zero-order valence-corrected chi connectivity index (χ0v) is 13.9. The zero-order valence-electron chi connectivity index (χ0n) is 13.0. The number of halogens is 1. The highest BCUT2D eigenvalue weighted by Gasteiger charge is 2.08. The Labute approximate surface area is 141 Å². The summed E-state index contributed by atoms with van der Waals surface area (Å²) < 4.78 is 10.4. The molecule has 0 fully saturated rings. The first-order chi connectivity index (χ1) is 10.6. The van der Waals surface area contributed by atoms with Gasteiger partial charge in [-0.25, -0.2) is 0 Å². The van der Waals surface area contributed by atoms with Crippen LogP contribution in [-0.4, -0.2) is 25.1 Å². The number of rotatable bonds is 6. The van der Waals surface area contributed by atoms with Crippen molar-refractivity contribution in [3.05, 3.63) is 47.8 Å². The lowest BCUT2D eigenvalue weighted by molar-refractivity contribution is -0.120. The van der Waals surface area contributed by atoms with Gasteiger partial charge < -0.3 is 20.5 Å². The fourth-order valence-corrected chi connectivity index (χ4v) is 1.96. The molecule has 0 radical (unpaired) electrons. The number of nitrogens with one attached hydrogen (secondary N) is 1. The van der Waals surface area contributed by atoms with Gasteiger partial charge >= 0.3 is 0 Å². The van der Waals surface area contributed by atoms with Crippen molar-refractivity contribution in [2.45, 2.75) is 13.0 Å². The number of aromatic nitrogens is 1. The zero-order chi connectivity index (χ0) is 15.9. The molecule has 1 aromatic carbocycles. The van der Waals surface area contributed by atoms with Crippen LogP contribution in [0.5, 0.6) is 11.5 Å². The van der Waals surface area contributed by atoms with Gasteiger partial charge in [-0.05, 0) is 24.3 Å². The molecule has 0 unspecified atom stereocenters. The maximum Gasteiger partial charge on any atom is 0.226 e. The maximum absolute atomic E-state index is 11.9. The number of methoxy groups -OCH3 is 2. The first kappa shape index (κ1) is 18.6. The molecule has 0 atom stereocenters. The molecule has 6 nitrogen and oxygen atoms in total. The molecule has 0 aliphatic rings. The van der Waals surface area contributed by atoms with Gasteiger partial charge in [0.2, 0.25) is 5.91 Å². The molecule has 0 bridgehead atoms. The monoisotopic (exact) mass is 337 g/mol. The maximum atomic E-state index is 11.9. The topological polar surface area (TPSA) is 86.5 Å². The van der Waals surface area contributed by atoms with Gasteiger partial charge in [-0.3, -0.25) is 9.78 Å². The Hall–Kier alpha value is -2.47. The van der Waals surface area contributed by atoms with Crippen molar-refractivity contribution in [3.8, 4) is 11.5 Å². The van der Waals surface area contributed by atoms with Gasteiger partial charge in [-0.2, -0.15) is 0 Å². The van der Waals surface area contributed by atoms with Crippen molar-refractivity contribution in [2.24, 2.45) is 0 Å². The average molecular weight is 338 g/mol. The van der Waals surface area contributed by atoms with Gasteiger partial charge in [0.1, 0.15) is 11.5 Å². The quantitative estimate of drug-likeness (QED) is 0.841. The van der Waals surface area contributed by atoms with Crippen molar-refractivity contribution in [1.29, 1.82) is 0 Å². The molecule has 23 heavy (non-hydrogen) atoms. The van der Waals surface area contributed by atoms with Crippen LogP contribution in [-0.2, 0) is 17.8 Å². The minimum absolute atomic E-state index is 0. The SMILES string of the molecule is COc1ccc(CNC(=O)Cc2ccc(N)cn2)c(OC)c1.Cl. The van der Waals surface area contributed by atoms with Gasteiger partial charge in [0.15, 0.2) is 0 Å². The molecular weight excluding hydrogens is 318 g/mol. The second-order valence-corrected chi connectivity index (χ2v) is 4.71. The first-order valence-corrected chi connectivity index (χ1v) is 6.80. The molecule has 2 aromatic rings. The van der Waals surface area contributed by atoms with Gasteiger partial charge in [0, 0.05) is 23.9 Å². The Morgan fingerprint density at radius 1 is 1.22 bits per heavy atom. The summed E-state index contributed by atoms with van der Waals surface area (Å²) in [5, 5.41) is 2.84. The third-order valence-electron chi connectivity index (χ3n) is 3.16. The van der Waals surface area contributed by atoms with Crippen LogP contribution in [0.2, 0.25) is 0 Å². The second-order valence-electron chi connectivity index (χ2n) is 4.71. The lowest BCUT2D eigenvalue weighted by atomic mass is 10.2. The number of carbonyl (C=O) groups excluding carboxylic acids is 1. The lowest BCUT2D eigenvalue weighted by Crippen LogP contribution is -2.25. The number of benzene rings is 1. The first-order valence-electron chi connectivity index (χ1n) is 6.80. The number of amides is 1. The summed E-state index contributed by atoms with van der Waals surface area (Å²) in [5.41, 5.74) is 7.69. The number of hydrogen-bond donors (Lipinski definition) is 2. The number of ether oxygens (including phenoxy) is 2. The predicted molar refractivity (Wildman–Crippen MR) is 91.0 cm³/mol. The number of nitrogens with zero attached hydrogens (tertiary/aromatic N) is 1. The molecule has 1 amide bonds. The molecule has 0 spiro atoms. The van der Waals surface area contributed by atoms with Crippen LogP contribution < -0.4 is 20.5 Å². The summed E-state index contributed by atoms with van der Waals surface area (Å²) in [6.07, 6.45) is 1.74. The summed E-state index contributed by atoms with van der Waals surface area (Å²) in [5.74, 6) is 1.26. The van der Waals surface area contributed by atoms with Crippen LogP contribution in [0.15, 0.2) is 36.5 Å². The second kappa shape index (κ2) is 8.85. The summed E-state index contributed by atoms with van der Waals surface area (Å²) >= 11 is 0. The van der Waals surface area contributed by atoms with E-state index in [9.17, 15) is 4.79 Å². The molecule has 3 N–H and O–H groups in total. The van der Waals surface area contributed by atoms with E-state index in [1.807, 2.05) is 12.1 Å². The van der Waals surface area contributed by atoms with Crippen LogP contribution in [0.3, 0.4) is 0 Å². The summed E-state index contributed by atoms with van der Waals surface area (Å²) in [6, 6.07) is 8.93. The summed E-state index contributed by atoms with van der Waals surface area (Å²) in [4.78, 5) is 16.0. The van der Waals surface area contributed by atoms with E-state index >= 15 is 0 Å². The van der Waals surface area contributed by atoms with Crippen molar-refractivity contribution in [2.75, 3.05) is 20.0 Å². The number of hydrogen-bond acceptors (Lipinski definition) is 5. The Bertz CT molecular complexity index is 648. The molecule has 0 aliphatic carbocycles. The molecule has 0 aliphatic heterocycles. The van der Waals surface area contributed by atoms with Crippen LogP contribution in [0.1, 0.15) is 11.3 Å². The van der Waals surface area contributed by atoms with E-state index in [-0.39, 0.29) is 24.7 Å². The van der Waals surface area contributed by atoms with E-state index in [2.05, 4.69) is 10.3 Å². The van der Waals surface area contributed by atoms with E-state index in [4.69, 9.17) is 15.2 Å². The fraction of sp³-hybridized carbons (Fsp3) is 0.250. The molecule has 2 rings (SSSR count). The predicted octanol–water partition coefficient (Wildman–Crippen LogP) is 1.96. The van der Waals surface area contributed by atoms with Crippen LogP contribution in [0.25, 0.3) is 0 Å². The van der Waals surface area contributed by atoms with Crippen LogP contribution >= 0.6 is 12.4 Å². The summed E-state index contributed by atoms with van der Waals surface area (Å²) in [7, 11) is 3.17. The third-order valence-corrected chi connectivity index (χ3v) is 3.16. The Kier molecular flexibility index (Phi) is 7.15. The van der Waals surface area contributed by atoms with Crippen molar-refractivity contribution in [1.82, 2.24) is 10.3 Å². The van der Waals surface area contributed by atoms with E-state index in [1.165, 1.54) is 6.20 Å². The number of anilines is 1. The fourth-order valence-electron chi connectivity index (χ4n) is 1.96. The number of nitrogen functional groups attached to an aromatic ring is 1. The number of pyridine rings is 1. The normalized spacial score (nSPS) is 9.65. The minimum Gasteiger partial charge on any atom is -0.497 e. The third kappa shape index (κ3) is 5.34. The van der Waals surface area contributed by atoms with Gasteiger partial charge in [0.05, 0.1) is 32.5 Å². The summed E-state index contributed by atoms with van der Waals surface area (Å²) in [6.45, 7) is 0.376. The standard InChI is InChI=1S/C16H19N3O3.ClH/c1-21-14-6-3-11(15(8-14)22-2)9-19-16(20)7-13-5-4-12(17)10-18-13;/h3-6,8,10H,7,9,17H2,1-2H3,(H,19,20);1H. The molecule has 0 saturated heterocycles. The largest absolute Gasteiger partial charge is 0.497 e. The molecule has 1 aromatic heterocycles. The number of nitrogens with two attached hydrogens (primary N) is 1. The highest BCUT2D eigenvalue weighted by atomic mass is 35.5. The van der Waals surface area contributed by atoms with E-state index in [0.717, 1.165) is 5.56 Å². The van der Waals surface area contributed by atoms with E-state index in [1.54, 1.807) is 32.4 Å². The van der Waals surface area contributed by atoms with E-state index < -0.39 is 0 Å². The highest BCUT2D eigenvalue weighted by molar-refractivity contribution is 5.85. The van der Waals surface area contributed by atoms with Crippen LogP contribution in [0, 0.1) is 0 Å². The molecular formula is C16H20ClN3O3. The smallest absolute Gasteiger partial charge is 0.226 e. The van der Waals surface area contributed by atoms with Gasteiger partial charge in [0.25, 0.3) is 0 Å². The Balaban J connectivity index is 0.00000264. The van der Waals surface area contributed by atoms with Crippen LogP contribution in [0.4, 0.5) is 5.69 Å². The van der Waals surface area contributed by atoms with E-state index in [0.29, 0.717) is 29.4 Å². The van der Waals surface area contributed by atoms with Crippen molar-refractivity contribution >= 4 is 24.0 Å². The Morgan fingerprint density at radius 2 is 2.00 bits per heavy atom. The van der Waals surface area contributed by atoms with Crippen molar-refractivity contribution in [3.63, 3.8) is 0 Å². The van der Waals surface area contributed by atoms with Crippen molar-refractivity contribution < 1.29 is 14.3 Å². The van der Waals surface area contributed by atoms with Gasteiger partial charge in [-0.15, -0.1) is 12.4 Å². The van der Waals surface area contributed by atoms with Gasteiger partial charge in [-0.1, -0.05) is 0 Å². The molecule has 1 heterocycles. The molecule has 0 saturated carbocycles. The molecule has 124 valence electrons. The average Bonchev–Trinajstić information content (AvgIpc) is 2.55.